The standard InChI is InChI=1S/C12H10BrClN4OS/c1-18-11(7(5-16-18)10(15)20)17-12(19)6-3-2-4-8(13)9(6)14/h2-5H,1H3,(H2,15,20)(H,17,19). The number of hydrogen-bond acceptors (Lipinski definition) is 3. The van der Waals surface area contributed by atoms with E-state index in [2.05, 4.69) is 26.3 Å². The number of hydrogen-bond donors (Lipinski definition) is 2. The van der Waals surface area contributed by atoms with Crippen molar-refractivity contribution in [3.63, 3.8) is 0 Å². The number of nitrogens with zero attached hydrogens (tertiary/aromatic N) is 2. The molecule has 0 radical (unpaired) electrons. The maximum Gasteiger partial charge on any atom is 0.258 e. The second kappa shape index (κ2) is 5.90. The molecule has 0 unspecified atom stereocenters. The van der Waals surface area contributed by atoms with E-state index >= 15 is 0 Å². The van der Waals surface area contributed by atoms with Crippen molar-refractivity contribution in [3.8, 4) is 0 Å². The summed E-state index contributed by atoms with van der Waals surface area (Å²) in [7, 11) is 1.68. The van der Waals surface area contributed by atoms with Crippen molar-refractivity contribution in [1.82, 2.24) is 9.78 Å². The number of nitrogens with one attached hydrogen (secondary N) is 1. The molecule has 0 bridgehead atoms. The molecule has 1 aromatic heterocycles. The maximum atomic E-state index is 12.3. The predicted octanol–water partition coefficient (Wildman–Crippen LogP) is 2.72. The minimum atomic E-state index is -0.364. The van der Waals surface area contributed by atoms with Gasteiger partial charge in [0, 0.05) is 11.5 Å². The van der Waals surface area contributed by atoms with Crippen LogP contribution < -0.4 is 11.1 Å². The summed E-state index contributed by atoms with van der Waals surface area (Å²) in [6, 6.07) is 5.10. The smallest absolute Gasteiger partial charge is 0.258 e. The number of amides is 1. The molecule has 0 saturated carbocycles. The quantitative estimate of drug-likeness (QED) is 0.811. The van der Waals surface area contributed by atoms with Crippen LogP contribution in [0.5, 0.6) is 0 Å². The van der Waals surface area contributed by atoms with Crippen molar-refractivity contribution in [1.29, 1.82) is 0 Å². The van der Waals surface area contributed by atoms with Gasteiger partial charge in [-0.15, -0.1) is 0 Å². The van der Waals surface area contributed by atoms with Gasteiger partial charge in [0.25, 0.3) is 5.91 Å². The average Bonchev–Trinajstić information content (AvgIpc) is 2.74. The van der Waals surface area contributed by atoms with E-state index in [1.165, 1.54) is 10.9 Å². The third-order valence-electron chi connectivity index (χ3n) is 2.63. The summed E-state index contributed by atoms with van der Waals surface area (Å²) in [6.07, 6.45) is 1.50. The summed E-state index contributed by atoms with van der Waals surface area (Å²) in [5.41, 5.74) is 6.44. The van der Waals surface area contributed by atoms with Crippen molar-refractivity contribution < 1.29 is 4.79 Å². The van der Waals surface area contributed by atoms with Crippen molar-refractivity contribution in [3.05, 3.63) is 45.0 Å². The molecule has 1 heterocycles. The fourth-order valence-electron chi connectivity index (χ4n) is 1.62. The van der Waals surface area contributed by atoms with Crippen molar-refractivity contribution in [2.24, 2.45) is 12.8 Å². The molecule has 0 aliphatic heterocycles. The van der Waals surface area contributed by atoms with Gasteiger partial charge in [-0.1, -0.05) is 29.9 Å². The molecule has 2 aromatic rings. The first-order chi connectivity index (χ1) is 9.41. The summed E-state index contributed by atoms with van der Waals surface area (Å²) >= 11 is 14.3. The van der Waals surface area contributed by atoms with Gasteiger partial charge in [-0.25, -0.2) is 0 Å². The highest BCUT2D eigenvalue weighted by molar-refractivity contribution is 9.10. The van der Waals surface area contributed by atoms with E-state index in [0.29, 0.717) is 26.4 Å². The number of anilines is 1. The van der Waals surface area contributed by atoms with Crippen LogP contribution in [0.4, 0.5) is 5.82 Å². The van der Waals surface area contributed by atoms with Crippen LogP contribution in [0.1, 0.15) is 15.9 Å². The number of nitrogens with two attached hydrogens (primary N) is 1. The number of carbonyl (C=O) groups is 1. The zero-order valence-corrected chi connectivity index (χ0v) is 13.5. The largest absolute Gasteiger partial charge is 0.389 e. The second-order valence-corrected chi connectivity index (χ2v) is 5.62. The molecule has 104 valence electrons. The summed E-state index contributed by atoms with van der Waals surface area (Å²) in [6.45, 7) is 0. The summed E-state index contributed by atoms with van der Waals surface area (Å²) in [4.78, 5) is 12.4. The molecular formula is C12H10BrClN4OS. The van der Waals surface area contributed by atoms with E-state index in [-0.39, 0.29) is 10.9 Å². The van der Waals surface area contributed by atoms with Crippen LogP contribution in [0.3, 0.4) is 0 Å². The number of rotatable bonds is 3. The zero-order chi connectivity index (χ0) is 14.9. The number of benzene rings is 1. The lowest BCUT2D eigenvalue weighted by Crippen LogP contribution is -2.19. The van der Waals surface area contributed by atoms with Gasteiger partial charge in [-0.3, -0.25) is 9.48 Å². The SMILES string of the molecule is Cn1ncc(C(N)=S)c1NC(=O)c1cccc(Br)c1Cl. The van der Waals surface area contributed by atoms with E-state index in [1.54, 1.807) is 25.2 Å². The Morgan fingerprint density at radius 3 is 2.85 bits per heavy atom. The van der Waals surface area contributed by atoms with E-state index < -0.39 is 0 Å². The molecule has 5 nitrogen and oxygen atoms in total. The highest BCUT2D eigenvalue weighted by Crippen LogP contribution is 2.27. The molecule has 0 fully saturated rings. The number of aromatic nitrogens is 2. The van der Waals surface area contributed by atoms with Crippen LogP contribution >= 0.6 is 39.7 Å². The number of aryl methyl sites for hydroxylation is 1. The Kier molecular flexibility index (Phi) is 4.42. The van der Waals surface area contributed by atoms with Gasteiger partial charge >= 0.3 is 0 Å². The van der Waals surface area contributed by atoms with Crippen LogP contribution in [-0.4, -0.2) is 20.7 Å². The maximum absolute atomic E-state index is 12.3. The van der Waals surface area contributed by atoms with E-state index in [4.69, 9.17) is 29.6 Å². The van der Waals surface area contributed by atoms with Gasteiger partial charge in [-0.05, 0) is 28.1 Å². The van der Waals surface area contributed by atoms with E-state index in [0.717, 1.165) is 0 Å². The predicted molar refractivity (Wildman–Crippen MR) is 86.2 cm³/mol. The topological polar surface area (TPSA) is 72.9 Å². The molecule has 1 aromatic carbocycles. The lowest BCUT2D eigenvalue weighted by molar-refractivity contribution is 0.102. The summed E-state index contributed by atoms with van der Waals surface area (Å²) in [5, 5.41) is 7.07. The molecule has 1 amide bonds. The van der Waals surface area contributed by atoms with Crippen LogP contribution in [-0.2, 0) is 7.05 Å². The molecule has 8 heteroatoms. The van der Waals surface area contributed by atoms with Gasteiger partial charge in [0.05, 0.1) is 22.3 Å². The lowest BCUT2D eigenvalue weighted by Gasteiger charge is -2.09. The molecule has 3 N–H and O–H groups in total. The van der Waals surface area contributed by atoms with E-state index in [9.17, 15) is 4.79 Å². The Labute approximate surface area is 134 Å². The molecule has 0 aliphatic rings. The molecule has 20 heavy (non-hydrogen) atoms. The van der Waals surface area contributed by atoms with Gasteiger partial charge in [0.2, 0.25) is 0 Å². The second-order valence-electron chi connectivity index (χ2n) is 3.95. The molecule has 2 rings (SSSR count). The third kappa shape index (κ3) is 2.84. The highest BCUT2D eigenvalue weighted by atomic mass is 79.9. The highest BCUT2D eigenvalue weighted by Gasteiger charge is 2.17. The first-order valence-electron chi connectivity index (χ1n) is 5.49. The van der Waals surface area contributed by atoms with Crippen molar-refractivity contribution in [2.75, 3.05) is 5.32 Å². The van der Waals surface area contributed by atoms with Gasteiger partial charge < -0.3 is 11.1 Å². The number of thiocarbonyl (C=S) groups is 1. The summed E-state index contributed by atoms with van der Waals surface area (Å²) < 4.78 is 2.13. The Balaban J connectivity index is 2.35. The minimum Gasteiger partial charge on any atom is -0.389 e. The molecule has 0 spiro atoms. The first kappa shape index (κ1) is 15.0. The monoisotopic (exact) mass is 372 g/mol. The first-order valence-corrected chi connectivity index (χ1v) is 7.07. The van der Waals surface area contributed by atoms with E-state index in [1.807, 2.05) is 0 Å². The lowest BCUT2D eigenvalue weighted by atomic mass is 10.2. The van der Waals surface area contributed by atoms with Crippen LogP contribution in [0.25, 0.3) is 0 Å². The van der Waals surface area contributed by atoms with Crippen LogP contribution in [0, 0.1) is 0 Å². The Morgan fingerprint density at radius 1 is 1.50 bits per heavy atom. The fourth-order valence-corrected chi connectivity index (χ4v) is 2.35. The zero-order valence-electron chi connectivity index (χ0n) is 10.4. The molecule has 0 saturated heterocycles. The minimum absolute atomic E-state index is 0.161. The number of halogens is 2. The van der Waals surface area contributed by atoms with Crippen LogP contribution in [0.2, 0.25) is 5.02 Å². The third-order valence-corrected chi connectivity index (χ3v) is 4.15. The molecular weight excluding hydrogens is 364 g/mol. The molecule has 0 atom stereocenters. The fraction of sp³-hybridized carbons (Fsp3) is 0.0833. The Hall–Kier alpha value is -1.44. The normalized spacial score (nSPS) is 10.3. The van der Waals surface area contributed by atoms with Gasteiger partial charge in [-0.2, -0.15) is 5.10 Å². The van der Waals surface area contributed by atoms with Crippen LogP contribution in [0.15, 0.2) is 28.9 Å². The summed E-state index contributed by atoms with van der Waals surface area (Å²) in [5.74, 6) is 0.0657. The Bertz CT molecular complexity index is 701. The van der Waals surface area contributed by atoms with Gasteiger partial charge in [0.15, 0.2) is 0 Å². The van der Waals surface area contributed by atoms with Crippen molar-refractivity contribution in [2.45, 2.75) is 0 Å². The average molecular weight is 374 g/mol. The Morgan fingerprint density at radius 2 is 2.20 bits per heavy atom. The molecule has 0 aliphatic carbocycles. The van der Waals surface area contributed by atoms with Gasteiger partial charge in [0.1, 0.15) is 10.8 Å². The van der Waals surface area contributed by atoms with Crippen molar-refractivity contribution >= 4 is 56.5 Å². The number of carbonyl (C=O) groups excluding carboxylic acids is 1.